The normalized spacial score (nSPS) is 29.0. The first kappa shape index (κ1) is 20.2. The van der Waals surface area contributed by atoms with Crippen molar-refractivity contribution in [3.8, 4) is 0 Å². The van der Waals surface area contributed by atoms with E-state index in [0.717, 1.165) is 19.3 Å². The maximum atomic E-state index is 10.5. The van der Waals surface area contributed by atoms with E-state index in [2.05, 4.69) is 31.2 Å². The minimum Gasteiger partial charge on any atom is -0.481 e. The SMILES string of the molecule is CCCCCCC=CC1C(C=CCCCCC(=O)O)OC2CCCC21. The smallest absolute Gasteiger partial charge is 0.303 e. The van der Waals surface area contributed by atoms with Crippen molar-refractivity contribution in [1.82, 2.24) is 0 Å². The summed E-state index contributed by atoms with van der Waals surface area (Å²) < 4.78 is 6.31. The van der Waals surface area contributed by atoms with Crippen LogP contribution >= 0.6 is 0 Å². The third kappa shape index (κ3) is 6.97. The number of carboxylic acid groups (broad SMARTS) is 1. The molecule has 1 heterocycles. The molecule has 4 unspecified atom stereocenters. The average molecular weight is 349 g/mol. The van der Waals surface area contributed by atoms with Gasteiger partial charge in [-0.05, 0) is 50.9 Å². The lowest BCUT2D eigenvalue weighted by Crippen LogP contribution is -2.16. The maximum Gasteiger partial charge on any atom is 0.303 e. The van der Waals surface area contributed by atoms with Gasteiger partial charge in [0.15, 0.2) is 0 Å². The van der Waals surface area contributed by atoms with Crippen LogP contribution in [-0.2, 0) is 9.53 Å². The first-order valence-electron chi connectivity index (χ1n) is 10.4. The van der Waals surface area contributed by atoms with E-state index in [0.29, 0.717) is 17.9 Å². The standard InChI is InChI=1S/C22H36O3/c1-2-3-4-5-6-9-13-18-19-14-12-16-21(19)25-20(18)15-10-7-8-11-17-22(23)24/h9-10,13,15,18-21H,2-8,11-12,14,16-17H2,1H3,(H,23,24). The summed E-state index contributed by atoms with van der Waals surface area (Å²) in [5.74, 6) is 0.544. The monoisotopic (exact) mass is 348 g/mol. The molecule has 1 saturated carbocycles. The highest BCUT2D eigenvalue weighted by Crippen LogP contribution is 2.44. The third-order valence-corrected chi connectivity index (χ3v) is 5.63. The molecule has 25 heavy (non-hydrogen) atoms. The molecule has 0 radical (unpaired) electrons. The Morgan fingerprint density at radius 1 is 1.04 bits per heavy atom. The first-order valence-corrected chi connectivity index (χ1v) is 10.4. The van der Waals surface area contributed by atoms with Crippen molar-refractivity contribution in [3.63, 3.8) is 0 Å². The quantitative estimate of drug-likeness (QED) is 0.353. The molecule has 142 valence electrons. The topological polar surface area (TPSA) is 46.5 Å². The van der Waals surface area contributed by atoms with E-state index < -0.39 is 5.97 Å². The van der Waals surface area contributed by atoms with Crippen LogP contribution < -0.4 is 0 Å². The molecular formula is C22H36O3. The highest BCUT2D eigenvalue weighted by Gasteiger charge is 2.44. The highest BCUT2D eigenvalue weighted by atomic mass is 16.5. The van der Waals surface area contributed by atoms with Gasteiger partial charge in [0.25, 0.3) is 0 Å². The van der Waals surface area contributed by atoms with E-state index in [4.69, 9.17) is 9.84 Å². The van der Waals surface area contributed by atoms with Gasteiger partial charge in [-0.15, -0.1) is 0 Å². The van der Waals surface area contributed by atoms with Crippen molar-refractivity contribution in [3.05, 3.63) is 24.3 Å². The maximum absolute atomic E-state index is 10.5. The third-order valence-electron chi connectivity index (χ3n) is 5.63. The fourth-order valence-electron chi connectivity index (χ4n) is 4.24. The van der Waals surface area contributed by atoms with Crippen LogP contribution in [0, 0.1) is 11.8 Å². The predicted octanol–water partition coefficient (Wildman–Crippen LogP) is 5.90. The number of allylic oxidation sites excluding steroid dienone is 2. The fourth-order valence-corrected chi connectivity index (χ4v) is 4.24. The summed E-state index contributed by atoms with van der Waals surface area (Å²) in [5, 5.41) is 8.67. The Morgan fingerprint density at radius 3 is 2.56 bits per heavy atom. The van der Waals surface area contributed by atoms with Crippen molar-refractivity contribution in [2.75, 3.05) is 0 Å². The van der Waals surface area contributed by atoms with E-state index >= 15 is 0 Å². The Kier molecular flexibility index (Phi) is 9.31. The number of hydrogen-bond acceptors (Lipinski definition) is 2. The van der Waals surface area contributed by atoms with E-state index in [1.165, 1.54) is 51.4 Å². The number of carboxylic acids is 1. The molecular weight excluding hydrogens is 312 g/mol. The number of ether oxygens (including phenoxy) is 1. The molecule has 1 saturated heterocycles. The molecule has 0 aromatic rings. The Labute approximate surface area is 153 Å². The summed E-state index contributed by atoms with van der Waals surface area (Å²) in [7, 11) is 0. The van der Waals surface area contributed by atoms with Crippen LogP contribution in [0.25, 0.3) is 0 Å². The van der Waals surface area contributed by atoms with Crippen molar-refractivity contribution in [2.24, 2.45) is 11.8 Å². The molecule has 0 aromatic carbocycles. The van der Waals surface area contributed by atoms with Crippen molar-refractivity contribution in [1.29, 1.82) is 0 Å². The zero-order chi connectivity index (χ0) is 17.9. The van der Waals surface area contributed by atoms with Gasteiger partial charge in [0, 0.05) is 12.3 Å². The largest absolute Gasteiger partial charge is 0.481 e. The minimum absolute atomic E-state index is 0.224. The van der Waals surface area contributed by atoms with Gasteiger partial charge >= 0.3 is 5.97 Å². The Morgan fingerprint density at radius 2 is 1.80 bits per heavy atom. The summed E-state index contributed by atoms with van der Waals surface area (Å²) >= 11 is 0. The van der Waals surface area contributed by atoms with Crippen LogP contribution in [0.5, 0.6) is 0 Å². The second-order valence-electron chi connectivity index (χ2n) is 7.66. The number of carbonyl (C=O) groups is 1. The van der Waals surface area contributed by atoms with Gasteiger partial charge in [-0.2, -0.15) is 0 Å². The number of unbranched alkanes of at least 4 members (excludes halogenated alkanes) is 6. The zero-order valence-electron chi connectivity index (χ0n) is 15.9. The van der Waals surface area contributed by atoms with Crippen LogP contribution in [0.3, 0.4) is 0 Å². The van der Waals surface area contributed by atoms with Gasteiger partial charge in [-0.3, -0.25) is 4.79 Å². The van der Waals surface area contributed by atoms with Gasteiger partial charge in [-0.1, -0.05) is 56.9 Å². The lowest BCUT2D eigenvalue weighted by molar-refractivity contribution is -0.137. The summed E-state index contributed by atoms with van der Waals surface area (Å²) in [4.78, 5) is 10.5. The molecule has 0 bridgehead atoms. The van der Waals surface area contributed by atoms with Gasteiger partial charge in [0.1, 0.15) is 0 Å². The molecule has 2 rings (SSSR count). The summed E-state index contributed by atoms with van der Waals surface area (Å²) in [6.07, 6.45) is 23.2. The van der Waals surface area contributed by atoms with Crippen LogP contribution in [0.15, 0.2) is 24.3 Å². The summed E-state index contributed by atoms with van der Waals surface area (Å²) in [5.41, 5.74) is 0. The van der Waals surface area contributed by atoms with Crippen molar-refractivity contribution < 1.29 is 14.6 Å². The molecule has 1 aliphatic heterocycles. The summed E-state index contributed by atoms with van der Waals surface area (Å²) in [6, 6.07) is 0. The molecule has 0 amide bonds. The predicted molar refractivity (Wildman–Crippen MR) is 103 cm³/mol. The molecule has 2 aliphatic rings. The fraction of sp³-hybridized carbons (Fsp3) is 0.773. The van der Waals surface area contributed by atoms with Gasteiger partial charge in [0.2, 0.25) is 0 Å². The van der Waals surface area contributed by atoms with E-state index in [9.17, 15) is 4.79 Å². The number of rotatable bonds is 12. The zero-order valence-corrected chi connectivity index (χ0v) is 15.9. The second kappa shape index (κ2) is 11.5. The first-order chi connectivity index (χ1) is 12.2. The average Bonchev–Trinajstić information content (AvgIpc) is 3.15. The minimum atomic E-state index is -0.694. The van der Waals surface area contributed by atoms with Crippen LogP contribution in [-0.4, -0.2) is 23.3 Å². The van der Waals surface area contributed by atoms with Crippen LogP contribution in [0.4, 0.5) is 0 Å². The highest BCUT2D eigenvalue weighted by molar-refractivity contribution is 5.66. The molecule has 2 fully saturated rings. The van der Waals surface area contributed by atoms with Gasteiger partial charge in [0.05, 0.1) is 12.2 Å². The van der Waals surface area contributed by atoms with Crippen molar-refractivity contribution >= 4 is 5.97 Å². The lowest BCUT2D eigenvalue weighted by atomic mass is 9.87. The Balaban J connectivity index is 1.76. The van der Waals surface area contributed by atoms with Crippen molar-refractivity contribution in [2.45, 2.75) is 96.2 Å². The van der Waals surface area contributed by atoms with Crippen LogP contribution in [0.1, 0.15) is 84.0 Å². The Bertz CT molecular complexity index is 441. The van der Waals surface area contributed by atoms with E-state index in [1.54, 1.807) is 0 Å². The van der Waals surface area contributed by atoms with Crippen LogP contribution in [0.2, 0.25) is 0 Å². The molecule has 1 N–H and O–H groups in total. The second-order valence-corrected chi connectivity index (χ2v) is 7.66. The molecule has 0 spiro atoms. The van der Waals surface area contributed by atoms with Gasteiger partial charge < -0.3 is 9.84 Å². The number of hydrogen-bond donors (Lipinski definition) is 1. The molecule has 3 heteroatoms. The molecule has 4 atom stereocenters. The summed E-state index contributed by atoms with van der Waals surface area (Å²) in [6.45, 7) is 2.25. The van der Waals surface area contributed by atoms with Gasteiger partial charge in [-0.25, -0.2) is 0 Å². The molecule has 1 aliphatic carbocycles. The Hall–Kier alpha value is -1.09. The molecule has 0 aromatic heterocycles. The number of aliphatic carboxylic acids is 1. The van der Waals surface area contributed by atoms with E-state index in [-0.39, 0.29) is 12.5 Å². The van der Waals surface area contributed by atoms with E-state index in [1.807, 2.05) is 0 Å². The lowest BCUT2D eigenvalue weighted by Gasteiger charge is -2.16. The molecule has 3 nitrogen and oxygen atoms in total. The number of fused-ring (bicyclic) bond motifs is 1.